The Morgan fingerprint density at radius 3 is 2.91 bits per heavy atom. The van der Waals surface area contributed by atoms with Gasteiger partial charge in [0.25, 0.3) is 5.91 Å². The van der Waals surface area contributed by atoms with E-state index in [2.05, 4.69) is 25.4 Å². The van der Waals surface area contributed by atoms with Crippen LogP contribution in [0.3, 0.4) is 0 Å². The number of carbonyl (C=O) groups excluding carboxylic acids is 1. The fourth-order valence-corrected chi connectivity index (χ4v) is 3.13. The summed E-state index contributed by atoms with van der Waals surface area (Å²) >= 11 is 0. The van der Waals surface area contributed by atoms with Gasteiger partial charge in [-0.05, 0) is 12.8 Å². The molecule has 2 atom stereocenters. The number of methoxy groups -OCH3 is 1. The summed E-state index contributed by atoms with van der Waals surface area (Å²) in [7, 11) is 1.67. The number of nitrogens with one attached hydrogen (secondary N) is 2. The lowest BCUT2D eigenvalue weighted by Gasteiger charge is -2.22. The summed E-state index contributed by atoms with van der Waals surface area (Å²) in [6, 6.07) is -0.137. The number of carbonyl (C=O) groups is 1. The fraction of sp³-hybridized carbons (Fsp3) is 0.571. The second-order valence-electron chi connectivity index (χ2n) is 5.91. The Bertz CT molecular complexity index is 663. The van der Waals surface area contributed by atoms with Crippen LogP contribution in [0.25, 0.3) is 0 Å². The van der Waals surface area contributed by atoms with Gasteiger partial charge < -0.3 is 9.64 Å². The first kappa shape index (κ1) is 13.4. The van der Waals surface area contributed by atoms with E-state index >= 15 is 0 Å². The maximum absolute atomic E-state index is 13.0. The average Bonchev–Trinajstić information content (AvgIpc) is 3.02. The third-order valence-electron chi connectivity index (χ3n) is 4.49. The topological polar surface area (TPSA) is 99.8 Å². The minimum Gasteiger partial charge on any atom is -0.380 e. The summed E-state index contributed by atoms with van der Waals surface area (Å²) in [4.78, 5) is 19.0. The number of aromatic amines is 2. The minimum atomic E-state index is -0.137. The third-order valence-corrected chi connectivity index (χ3v) is 4.49. The van der Waals surface area contributed by atoms with E-state index in [1.54, 1.807) is 13.3 Å². The highest BCUT2D eigenvalue weighted by Crippen LogP contribution is 2.41. The van der Waals surface area contributed by atoms with Crippen LogP contribution in [0.15, 0.2) is 12.5 Å². The summed E-state index contributed by atoms with van der Waals surface area (Å²) in [5, 5.41) is 13.8. The molecule has 1 amide bonds. The molecule has 0 unspecified atom stereocenters. The van der Waals surface area contributed by atoms with Gasteiger partial charge >= 0.3 is 0 Å². The van der Waals surface area contributed by atoms with E-state index in [-0.39, 0.29) is 18.1 Å². The van der Waals surface area contributed by atoms with E-state index in [9.17, 15) is 4.79 Å². The zero-order chi connectivity index (χ0) is 15.1. The van der Waals surface area contributed by atoms with E-state index in [1.807, 2.05) is 4.90 Å². The quantitative estimate of drug-likeness (QED) is 0.878. The Hall–Kier alpha value is -2.22. The maximum atomic E-state index is 13.0. The second kappa shape index (κ2) is 5.20. The van der Waals surface area contributed by atoms with Crippen LogP contribution in [0.4, 0.5) is 0 Å². The van der Waals surface area contributed by atoms with Crippen molar-refractivity contribution in [2.24, 2.45) is 0 Å². The average molecular weight is 302 g/mol. The molecule has 2 aromatic heterocycles. The first-order valence-corrected chi connectivity index (χ1v) is 7.50. The van der Waals surface area contributed by atoms with Gasteiger partial charge in [-0.3, -0.25) is 15.0 Å². The summed E-state index contributed by atoms with van der Waals surface area (Å²) in [5.74, 6) is 1.13. The van der Waals surface area contributed by atoms with E-state index in [1.165, 1.54) is 6.33 Å². The monoisotopic (exact) mass is 302 g/mol. The molecule has 8 heteroatoms. The molecule has 22 heavy (non-hydrogen) atoms. The van der Waals surface area contributed by atoms with Gasteiger partial charge in [0.2, 0.25) is 0 Å². The molecule has 2 N–H and O–H groups in total. The molecule has 2 aliphatic rings. The summed E-state index contributed by atoms with van der Waals surface area (Å²) in [5.41, 5.74) is 1.63. The van der Waals surface area contributed by atoms with Crippen LogP contribution in [-0.2, 0) is 4.74 Å². The Balaban J connectivity index is 1.63. The number of H-pyrrole nitrogens is 2. The van der Waals surface area contributed by atoms with Gasteiger partial charge in [-0.25, -0.2) is 4.98 Å². The molecule has 1 saturated heterocycles. The fourth-order valence-electron chi connectivity index (χ4n) is 3.13. The van der Waals surface area contributed by atoms with Crippen LogP contribution in [0, 0.1) is 0 Å². The molecule has 0 aromatic carbocycles. The van der Waals surface area contributed by atoms with Crippen molar-refractivity contribution in [1.82, 2.24) is 30.3 Å². The normalized spacial score (nSPS) is 24.9. The predicted molar refractivity (Wildman–Crippen MR) is 76.1 cm³/mol. The van der Waals surface area contributed by atoms with Gasteiger partial charge in [0.05, 0.1) is 29.6 Å². The molecular weight excluding hydrogens is 284 g/mol. The van der Waals surface area contributed by atoms with E-state index < -0.39 is 0 Å². The number of rotatable bonds is 4. The Labute approximate surface area is 127 Å². The van der Waals surface area contributed by atoms with Crippen LogP contribution in [0.5, 0.6) is 0 Å². The van der Waals surface area contributed by atoms with Crippen molar-refractivity contribution >= 4 is 5.91 Å². The Morgan fingerprint density at radius 1 is 1.36 bits per heavy atom. The van der Waals surface area contributed by atoms with Crippen LogP contribution >= 0.6 is 0 Å². The van der Waals surface area contributed by atoms with Gasteiger partial charge in [-0.1, -0.05) is 0 Å². The molecule has 1 aliphatic heterocycles. The van der Waals surface area contributed by atoms with Crippen molar-refractivity contribution in [3.63, 3.8) is 0 Å². The van der Waals surface area contributed by atoms with Gasteiger partial charge in [-0.15, -0.1) is 0 Å². The largest absolute Gasteiger partial charge is 0.380 e. The van der Waals surface area contributed by atoms with Gasteiger partial charge in [-0.2, -0.15) is 10.2 Å². The number of amides is 1. The lowest BCUT2D eigenvalue weighted by Crippen LogP contribution is -2.32. The Morgan fingerprint density at radius 2 is 2.23 bits per heavy atom. The van der Waals surface area contributed by atoms with Crippen molar-refractivity contribution in [3.05, 3.63) is 29.6 Å². The van der Waals surface area contributed by atoms with Crippen molar-refractivity contribution < 1.29 is 9.53 Å². The number of aromatic nitrogens is 5. The minimum absolute atomic E-state index is 0.00956. The third kappa shape index (κ3) is 2.19. The highest BCUT2D eigenvalue weighted by molar-refractivity contribution is 5.95. The number of ether oxygens (including phenoxy) is 1. The lowest BCUT2D eigenvalue weighted by atomic mass is 10.1. The lowest BCUT2D eigenvalue weighted by molar-refractivity contribution is 0.0683. The van der Waals surface area contributed by atoms with Crippen molar-refractivity contribution in [1.29, 1.82) is 0 Å². The van der Waals surface area contributed by atoms with Crippen LogP contribution in [0.2, 0.25) is 0 Å². The first-order valence-electron chi connectivity index (χ1n) is 7.50. The molecule has 2 aromatic rings. The zero-order valence-corrected chi connectivity index (χ0v) is 12.3. The van der Waals surface area contributed by atoms with Crippen molar-refractivity contribution in [3.8, 4) is 0 Å². The van der Waals surface area contributed by atoms with Gasteiger partial charge in [0.1, 0.15) is 12.2 Å². The van der Waals surface area contributed by atoms with Crippen molar-refractivity contribution in [2.75, 3.05) is 13.7 Å². The maximum Gasteiger partial charge on any atom is 0.258 e. The summed E-state index contributed by atoms with van der Waals surface area (Å²) in [6.45, 7) is 0.552. The number of nitrogens with zero attached hydrogens (tertiary/aromatic N) is 4. The molecule has 1 saturated carbocycles. The molecule has 116 valence electrons. The van der Waals surface area contributed by atoms with E-state index in [0.29, 0.717) is 30.3 Å². The number of likely N-dealkylation sites (tertiary alicyclic amines) is 1. The summed E-state index contributed by atoms with van der Waals surface area (Å²) in [6.07, 6.45) is 6.06. The molecule has 0 radical (unpaired) electrons. The van der Waals surface area contributed by atoms with Crippen LogP contribution in [-0.4, -0.2) is 55.9 Å². The SMILES string of the molecule is CO[C@@H]1C[C@@H](c2ncn[nH]2)N(C(=O)c2cn[nH]c2C2CC2)C1. The first-order chi connectivity index (χ1) is 10.8. The van der Waals surface area contributed by atoms with Crippen LogP contribution < -0.4 is 0 Å². The zero-order valence-electron chi connectivity index (χ0n) is 12.3. The molecule has 3 heterocycles. The predicted octanol–water partition coefficient (Wildman–Crippen LogP) is 1.01. The molecule has 8 nitrogen and oxygen atoms in total. The number of hydrogen-bond donors (Lipinski definition) is 2. The van der Waals surface area contributed by atoms with E-state index in [0.717, 1.165) is 18.5 Å². The molecule has 0 spiro atoms. The number of hydrogen-bond acceptors (Lipinski definition) is 5. The second-order valence-corrected chi connectivity index (χ2v) is 5.91. The van der Waals surface area contributed by atoms with Gasteiger partial charge in [0.15, 0.2) is 0 Å². The molecule has 4 rings (SSSR count). The standard InChI is InChI=1S/C14H18N6O2/c1-22-9-4-11(13-15-7-17-19-13)20(6-9)14(21)10-5-16-18-12(10)8-2-3-8/h5,7-9,11H,2-4,6H2,1H3,(H,16,18)(H,15,17,19)/t9-,11+/m1/s1. The molecule has 1 aliphatic carbocycles. The smallest absolute Gasteiger partial charge is 0.258 e. The van der Waals surface area contributed by atoms with Gasteiger partial charge in [0, 0.05) is 26.0 Å². The van der Waals surface area contributed by atoms with E-state index in [4.69, 9.17) is 4.74 Å². The Kier molecular flexibility index (Phi) is 3.18. The molecular formula is C14H18N6O2. The molecule has 0 bridgehead atoms. The molecule has 2 fully saturated rings. The van der Waals surface area contributed by atoms with Crippen molar-refractivity contribution in [2.45, 2.75) is 37.3 Å². The summed E-state index contributed by atoms with van der Waals surface area (Å²) < 4.78 is 5.45. The highest BCUT2D eigenvalue weighted by atomic mass is 16.5. The van der Waals surface area contributed by atoms with Crippen LogP contribution in [0.1, 0.15) is 53.1 Å². The highest BCUT2D eigenvalue weighted by Gasteiger charge is 2.40.